The minimum atomic E-state index is -0.252. The normalized spacial score (nSPS) is 12.4. The second-order valence-electron chi connectivity index (χ2n) is 4.02. The van der Waals surface area contributed by atoms with Crippen LogP contribution in [0.3, 0.4) is 0 Å². The second kappa shape index (κ2) is 6.55. The number of rotatable bonds is 6. The van der Waals surface area contributed by atoms with Gasteiger partial charge in [0.05, 0.1) is 17.7 Å². The number of pyridine rings is 1. The summed E-state index contributed by atoms with van der Waals surface area (Å²) in [6.07, 6.45) is 3.60. The Morgan fingerprint density at radius 2 is 2.37 bits per heavy atom. The van der Waals surface area contributed by atoms with E-state index in [2.05, 4.69) is 26.9 Å². The Morgan fingerprint density at radius 3 is 3.05 bits per heavy atom. The molecule has 2 rings (SSSR count). The Balaban J connectivity index is 2.41. The van der Waals surface area contributed by atoms with Crippen molar-refractivity contribution in [2.45, 2.75) is 25.8 Å². The van der Waals surface area contributed by atoms with Crippen LogP contribution in [0.25, 0.3) is 0 Å². The molecule has 0 saturated carbocycles. The standard InChI is InChI=1S/C12H17N5OS/c1-3-5-8-12(19-17-16-8)11(15-13)10-9(18-2)6-4-7-14-10/h4,6-7,11,15H,3,5,13H2,1-2H3. The molecule has 0 amide bonds. The first kappa shape index (κ1) is 13.9. The van der Waals surface area contributed by atoms with Crippen LogP contribution in [0.4, 0.5) is 0 Å². The number of nitrogens with two attached hydrogens (primary N) is 1. The molecule has 7 heteroatoms. The molecule has 0 radical (unpaired) electrons. The van der Waals surface area contributed by atoms with E-state index in [1.807, 2.05) is 12.1 Å². The Morgan fingerprint density at radius 1 is 1.53 bits per heavy atom. The zero-order valence-electron chi connectivity index (χ0n) is 11.0. The van der Waals surface area contributed by atoms with E-state index < -0.39 is 0 Å². The third-order valence-electron chi connectivity index (χ3n) is 2.79. The number of hydrazine groups is 1. The maximum Gasteiger partial charge on any atom is 0.142 e. The third kappa shape index (κ3) is 2.89. The highest BCUT2D eigenvalue weighted by atomic mass is 32.1. The summed E-state index contributed by atoms with van der Waals surface area (Å²) in [6, 6.07) is 3.44. The smallest absolute Gasteiger partial charge is 0.142 e. The molecule has 0 fully saturated rings. The van der Waals surface area contributed by atoms with Gasteiger partial charge in [0.1, 0.15) is 17.5 Å². The van der Waals surface area contributed by atoms with Crippen LogP contribution in [0, 0.1) is 0 Å². The molecule has 19 heavy (non-hydrogen) atoms. The summed E-state index contributed by atoms with van der Waals surface area (Å²) in [5.74, 6) is 6.39. The van der Waals surface area contributed by atoms with Crippen LogP contribution in [-0.4, -0.2) is 21.7 Å². The first-order valence-corrected chi connectivity index (χ1v) is 6.85. The molecular weight excluding hydrogens is 262 g/mol. The molecule has 2 aromatic rings. The van der Waals surface area contributed by atoms with E-state index in [1.54, 1.807) is 13.3 Å². The molecule has 0 aliphatic heterocycles. The van der Waals surface area contributed by atoms with Gasteiger partial charge < -0.3 is 4.74 Å². The van der Waals surface area contributed by atoms with Crippen molar-refractivity contribution in [3.8, 4) is 5.75 Å². The summed E-state index contributed by atoms with van der Waals surface area (Å²) in [5.41, 5.74) is 4.49. The van der Waals surface area contributed by atoms with Crippen molar-refractivity contribution >= 4 is 11.5 Å². The molecule has 102 valence electrons. The number of methoxy groups -OCH3 is 1. The topological polar surface area (TPSA) is 86.0 Å². The number of ether oxygens (including phenoxy) is 1. The highest BCUT2D eigenvalue weighted by Crippen LogP contribution is 2.31. The monoisotopic (exact) mass is 279 g/mol. The highest BCUT2D eigenvalue weighted by Gasteiger charge is 2.23. The third-order valence-corrected chi connectivity index (χ3v) is 3.63. The van der Waals surface area contributed by atoms with Gasteiger partial charge in [0.15, 0.2) is 0 Å². The van der Waals surface area contributed by atoms with Gasteiger partial charge >= 0.3 is 0 Å². The van der Waals surface area contributed by atoms with Crippen LogP contribution in [0.5, 0.6) is 5.75 Å². The van der Waals surface area contributed by atoms with Gasteiger partial charge in [-0.25, -0.2) is 5.43 Å². The van der Waals surface area contributed by atoms with Crippen molar-refractivity contribution < 1.29 is 4.74 Å². The van der Waals surface area contributed by atoms with Crippen LogP contribution < -0.4 is 16.0 Å². The van der Waals surface area contributed by atoms with Crippen LogP contribution in [0.15, 0.2) is 18.3 Å². The Kier molecular flexibility index (Phi) is 4.78. The van der Waals surface area contributed by atoms with E-state index in [9.17, 15) is 0 Å². The van der Waals surface area contributed by atoms with Crippen molar-refractivity contribution in [1.82, 2.24) is 20.0 Å². The van der Waals surface area contributed by atoms with Gasteiger partial charge in [-0.05, 0) is 30.1 Å². The maximum absolute atomic E-state index is 5.69. The molecule has 0 aliphatic carbocycles. The molecule has 2 heterocycles. The zero-order chi connectivity index (χ0) is 13.7. The lowest BCUT2D eigenvalue weighted by atomic mass is 10.1. The zero-order valence-corrected chi connectivity index (χ0v) is 11.8. The number of hydrogen-bond donors (Lipinski definition) is 2. The quantitative estimate of drug-likeness (QED) is 0.615. The Hall–Kier alpha value is -1.57. The molecule has 2 aromatic heterocycles. The number of nitrogens with one attached hydrogen (secondary N) is 1. The van der Waals surface area contributed by atoms with Gasteiger partial charge in [0.25, 0.3) is 0 Å². The van der Waals surface area contributed by atoms with Crippen molar-refractivity contribution in [3.05, 3.63) is 34.6 Å². The summed E-state index contributed by atoms with van der Waals surface area (Å²) >= 11 is 1.34. The summed E-state index contributed by atoms with van der Waals surface area (Å²) in [6.45, 7) is 2.11. The van der Waals surface area contributed by atoms with Gasteiger partial charge in [-0.1, -0.05) is 17.8 Å². The molecule has 0 aliphatic rings. The lowest BCUT2D eigenvalue weighted by Gasteiger charge is -2.16. The van der Waals surface area contributed by atoms with Gasteiger partial charge in [0.2, 0.25) is 0 Å². The number of aromatic nitrogens is 3. The highest BCUT2D eigenvalue weighted by molar-refractivity contribution is 7.05. The first-order chi connectivity index (χ1) is 9.31. The van der Waals surface area contributed by atoms with Crippen molar-refractivity contribution in [3.63, 3.8) is 0 Å². The fourth-order valence-corrected chi connectivity index (χ4v) is 2.68. The van der Waals surface area contributed by atoms with E-state index in [0.29, 0.717) is 5.75 Å². The fraction of sp³-hybridized carbons (Fsp3) is 0.417. The largest absolute Gasteiger partial charge is 0.495 e. The van der Waals surface area contributed by atoms with Gasteiger partial charge in [-0.3, -0.25) is 10.8 Å². The number of hydrogen-bond acceptors (Lipinski definition) is 7. The van der Waals surface area contributed by atoms with E-state index in [-0.39, 0.29) is 6.04 Å². The Bertz CT molecular complexity index is 530. The van der Waals surface area contributed by atoms with Crippen LogP contribution in [0.1, 0.15) is 35.7 Å². The summed E-state index contributed by atoms with van der Waals surface area (Å²) < 4.78 is 9.35. The molecule has 1 atom stereocenters. The Labute approximate surface area is 116 Å². The van der Waals surface area contributed by atoms with E-state index in [4.69, 9.17) is 10.6 Å². The van der Waals surface area contributed by atoms with Crippen molar-refractivity contribution in [1.29, 1.82) is 0 Å². The van der Waals surface area contributed by atoms with E-state index in [0.717, 1.165) is 29.1 Å². The van der Waals surface area contributed by atoms with Gasteiger partial charge in [0, 0.05) is 6.20 Å². The van der Waals surface area contributed by atoms with Crippen LogP contribution in [-0.2, 0) is 6.42 Å². The predicted molar refractivity (Wildman–Crippen MR) is 73.9 cm³/mol. The average Bonchev–Trinajstić information content (AvgIpc) is 2.89. The molecule has 0 aromatic carbocycles. The summed E-state index contributed by atoms with van der Waals surface area (Å²) in [7, 11) is 1.62. The van der Waals surface area contributed by atoms with E-state index >= 15 is 0 Å². The average molecular weight is 279 g/mol. The molecular formula is C12H17N5OS. The number of nitrogens with zero attached hydrogens (tertiary/aromatic N) is 3. The minimum Gasteiger partial charge on any atom is -0.495 e. The second-order valence-corrected chi connectivity index (χ2v) is 4.81. The van der Waals surface area contributed by atoms with E-state index in [1.165, 1.54) is 11.5 Å². The van der Waals surface area contributed by atoms with Crippen molar-refractivity contribution in [2.75, 3.05) is 7.11 Å². The molecule has 1 unspecified atom stereocenters. The fourth-order valence-electron chi connectivity index (χ4n) is 1.92. The minimum absolute atomic E-state index is 0.252. The van der Waals surface area contributed by atoms with Crippen molar-refractivity contribution in [2.24, 2.45) is 5.84 Å². The lowest BCUT2D eigenvalue weighted by molar-refractivity contribution is 0.400. The SMILES string of the molecule is CCCc1nnsc1C(NN)c1ncccc1OC. The molecule has 0 saturated heterocycles. The molecule has 3 N–H and O–H groups in total. The molecule has 0 spiro atoms. The summed E-state index contributed by atoms with van der Waals surface area (Å²) in [5, 5.41) is 4.16. The molecule has 0 bridgehead atoms. The van der Waals surface area contributed by atoms with Gasteiger partial charge in [-0.15, -0.1) is 5.10 Å². The van der Waals surface area contributed by atoms with Gasteiger partial charge in [-0.2, -0.15) is 0 Å². The molecule has 6 nitrogen and oxygen atoms in total. The maximum atomic E-state index is 5.69. The van der Waals surface area contributed by atoms with Crippen LogP contribution in [0.2, 0.25) is 0 Å². The van der Waals surface area contributed by atoms with Crippen LogP contribution >= 0.6 is 11.5 Å². The lowest BCUT2D eigenvalue weighted by Crippen LogP contribution is -2.30. The first-order valence-electron chi connectivity index (χ1n) is 6.08. The number of aryl methyl sites for hydroxylation is 1. The predicted octanol–water partition coefficient (Wildman–Crippen LogP) is 1.45. The summed E-state index contributed by atoms with van der Waals surface area (Å²) in [4.78, 5) is 5.35.